The van der Waals surface area contributed by atoms with Gasteiger partial charge in [-0.2, -0.15) is 13.2 Å². The van der Waals surface area contributed by atoms with Crippen LogP contribution in [-0.4, -0.2) is 42.3 Å². The van der Waals surface area contributed by atoms with E-state index in [1.54, 1.807) is 0 Å². The second-order valence-electron chi connectivity index (χ2n) is 6.12. The highest BCUT2D eigenvalue weighted by molar-refractivity contribution is 5.00. The van der Waals surface area contributed by atoms with E-state index in [9.17, 15) is 13.2 Å². The van der Waals surface area contributed by atoms with E-state index >= 15 is 0 Å². The fourth-order valence-corrected chi connectivity index (χ4v) is 3.89. The van der Waals surface area contributed by atoms with Gasteiger partial charge in [-0.3, -0.25) is 4.90 Å². The van der Waals surface area contributed by atoms with E-state index in [2.05, 4.69) is 24.1 Å². The maximum Gasteiger partial charge on any atom is 0.389 e. The Morgan fingerprint density at radius 1 is 1.05 bits per heavy atom. The van der Waals surface area contributed by atoms with Crippen LogP contribution in [0.3, 0.4) is 0 Å². The van der Waals surface area contributed by atoms with Crippen molar-refractivity contribution in [1.82, 2.24) is 10.2 Å². The van der Waals surface area contributed by atoms with E-state index in [4.69, 9.17) is 0 Å². The van der Waals surface area contributed by atoms with Crippen molar-refractivity contribution >= 4 is 0 Å². The number of likely N-dealkylation sites (tertiary alicyclic amines) is 1. The van der Waals surface area contributed by atoms with Crippen LogP contribution in [0.15, 0.2) is 0 Å². The first-order valence-electron chi connectivity index (χ1n) is 8.44. The highest BCUT2D eigenvalue weighted by Gasteiger charge is 2.41. The molecule has 0 bridgehead atoms. The Kier molecular flexibility index (Phi) is 7.48. The van der Waals surface area contributed by atoms with E-state index in [0.29, 0.717) is 6.42 Å². The molecule has 0 aromatic carbocycles. The fourth-order valence-electron chi connectivity index (χ4n) is 3.89. The van der Waals surface area contributed by atoms with Gasteiger partial charge in [-0.25, -0.2) is 0 Å². The summed E-state index contributed by atoms with van der Waals surface area (Å²) in [7, 11) is 0. The van der Waals surface area contributed by atoms with Crippen LogP contribution in [0, 0.1) is 0 Å². The van der Waals surface area contributed by atoms with Gasteiger partial charge >= 0.3 is 6.18 Å². The largest absolute Gasteiger partial charge is 0.389 e. The highest BCUT2D eigenvalue weighted by atomic mass is 19.4. The van der Waals surface area contributed by atoms with E-state index in [-0.39, 0.29) is 18.0 Å². The molecule has 1 fully saturated rings. The molecule has 1 aliphatic rings. The minimum absolute atomic E-state index is 0.0120. The van der Waals surface area contributed by atoms with Crippen molar-refractivity contribution in [3.63, 3.8) is 0 Å². The SMILES string of the molecule is CCNC(CCCC(F)(F)F)C(CC)(CC)N1CCCC1. The van der Waals surface area contributed by atoms with Crippen LogP contribution in [0.25, 0.3) is 0 Å². The van der Waals surface area contributed by atoms with Gasteiger partial charge in [0, 0.05) is 18.0 Å². The zero-order chi connectivity index (χ0) is 15.9. The fraction of sp³-hybridized carbons (Fsp3) is 1.00. The number of alkyl halides is 3. The summed E-state index contributed by atoms with van der Waals surface area (Å²) in [5.74, 6) is 0. The normalized spacial score (nSPS) is 19.1. The number of hydrogen-bond donors (Lipinski definition) is 1. The van der Waals surface area contributed by atoms with Crippen LogP contribution in [0.4, 0.5) is 13.2 Å². The van der Waals surface area contributed by atoms with Gasteiger partial charge in [-0.15, -0.1) is 0 Å². The molecule has 1 heterocycles. The Morgan fingerprint density at radius 3 is 2.05 bits per heavy atom. The quantitative estimate of drug-likeness (QED) is 0.681. The predicted octanol–water partition coefficient (Wildman–Crippen LogP) is 4.35. The average molecular weight is 308 g/mol. The molecule has 2 nitrogen and oxygen atoms in total. The van der Waals surface area contributed by atoms with Crippen molar-refractivity contribution in [3.05, 3.63) is 0 Å². The average Bonchev–Trinajstić information content (AvgIpc) is 2.94. The molecular weight excluding hydrogens is 277 g/mol. The standard InChI is InChI=1S/C16H31F3N2/c1-4-15(5-2,21-12-7-8-13-21)14(20-6-3)10-9-11-16(17,18)19/h14,20H,4-13H2,1-3H3. The number of hydrogen-bond acceptors (Lipinski definition) is 2. The number of rotatable bonds is 9. The topological polar surface area (TPSA) is 15.3 Å². The molecule has 1 rings (SSSR count). The summed E-state index contributed by atoms with van der Waals surface area (Å²) in [5, 5.41) is 3.48. The van der Waals surface area contributed by atoms with Crippen LogP contribution in [-0.2, 0) is 0 Å². The van der Waals surface area contributed by atoms with Crippen molar-refractivity contribution in [3.8, 4) is 0 Å². The first-order chi connectivity index (χ1) is 9.89. The van der Waals surface area contributed by atoms with Gasteiger partial charge in [0.05, 0.1) is 0 Å². The smallest absolute Gasteiger partial charge is 0.312 e. The predicted molar refractivity (Wildman–Crippen MR) is 81.5 cm³/mol. The van der Waals surface area contributed by atoms with Crippen molar-refractivity contribution in [2.24, 2.45) is 0 Å². The Labute approximate surface area is 127 Å². The van der Waals surface area contributed by atoms with Gasteiger partial charge < -0.3 is 5.32 Å². The van der Waals surface area contributed by atoms with Crippen molar-refractivity contribution in [1.29, 1.82) is 0 Å². The molecule has 0 saturated carbocycles. The molecule has 1 atom stereocenters. The van der Waals surface area contributed by atoms with Crippen molar-refractivity contribution < 1.29 is 13.2 Å². The molecule has 1 saturated heterocycles. The van der Waals surface area contributed by atoms with Gasteiger partial charge in [0.1, 0.15) is 0 Å². The molecule has 1 aliphatic heterocycles. The lowest BCUT2D eigenvalue weighted by molar-refractivity contribution is -0.136. The molecule has 0 amide bonds. The lowest BCUT2D eigenvalue weighted by Gasteiger charge is -2.47. The number of nitrogens with one attached hydrogen (secondary N) is 1. The number of likely N-dealkylation sites (N-methyl/N-ethyl adjacent to an activating group) is 1. The van der Waals surface area contributed by atoms with E-state index in [1.165, 1.54) is 12.8 Å². The third-order valence-electron chi connectivity index (χ3n) is 5.01. The number of halogens is 3. The first kappa shape index (κ1) is 18.8. The van der Waals surface area contributed by atoms with E-state index in [1.807, 2.05) is 6.92 Å². The van der Waals surface area contributed by atoms with Crippen molar-refractivity contribution in [2.75, 3.05) is 19.6 Å². The maximum atomic E-state index is 12.4. The Morgan fingerprint density at radius 2 is 1.62 bits per heavy atom. The molecule has 0 spiro atoms. The number of nitrogens with zero attached hydrogens (tertiary/aromatic N) is 1. The maximum absolute atomic E-state index is 12.4. The molecule has 126 valence electrons. The van der Waals surface area contributed by atoms with Crippen molar-refractivity contribution in [2.45, 2.75) is 83.5 Å². The molecule has 1 unspecified atom stereocenters. The van der Waals surface area contributed by atoms with Gasteiger partial charge in [0.15, 0.2) is 0 Å². The van der Waals surface area contributed by atoms with Crippen LogP contribution in [0.1, 0.15) is 65.7 Å². The molecule has 0 aromatic heterocycles. The third kappa shape index (κ3) is 5.13. The molecule has 0 aromatic rings. The summed E-state index contributed by atoms with van der Waals surface area (Å²) in [6.07, 6.45) is 0.527. The molecule has 21 heavy (non-hydrogen) atoms. The first-order valence-corrected chi connectivity index (χ1v) is 8.44. The van der Waals surface area contributed by atoms with Crippen LogP contribution in [0.2, 0.25) is 0 Å². The molecule has 0 aliphatic carbocycles. The minimum atomic E-state index is -4.04. The second kappa shape index (κ2) is 8.37. The lowest BCUT2D eigenvalue weighted by Crippen LogP contribution is -2.60. The van der Waals surface area contributed by atoms with E-state index < -0.39 is 12.6 Å². The zero-order valence-electron chi connectivity index (χ0n) is 13.7. The van der Waals surface area contributed by atoms with Gasteiger partial charge in [-0.05, 0) is 58.2 Å². The van der Waals surface area contributed by atoms with Crippen LogP contribution >= 0.6 is 0 Å². The summed E-state index contributed by atoms with van der Waals surface area (Å²) in [6, 6.07) is 0.151. The van der Waals surface area contributed by atoms with Gasteiger partial charge in [-0.1, -0.05) is 20.8 Å². The Balaban J connectivity index is 2.76. The summed E-state index contributed by atoms with van der Waals surface area (Å²) in [5.41, 5.74) is 0.0120. The monoisotopic (exact) mass is 308 g/mol. The summed E-state index contributed by atoms with van der Waals surface area (Å²) in [4.78, 5) is 2.52. The van der Waals surface area contributed by atoms with Gasteiger partial charge in [0.2, 0.25) is 0 Å². The van der Waals surface area contributed by atoms with Gasteiger partial charge in [0.25, 0.3) is 0 Å². The summed E-state index contributed by atoms with van der Waals surface area (Å²) < 4.78 is 37.3. The highest BCUT2D eigenvalue weighted by Crippen LogP contribution is 2.34. The summed E-state index contributed by atoms with van der Waals surface area (Å²) >= 11 is 0. The minimum Gasteiger partial charge on any atom is -0.312 e. The van der Waals surface area contributed by atoms with E-state index in [0.717, 1.165) is 32.5 Å². The zero-order valence-corrected chi connectivity index (χ0v) is 13.7. The second-order valence-corrected chi connectivity index (χ2v) is 6.12. The Hall–Kier alpha value is -0.290. The third-order valence-corrected chi connectivity index (χ3v) is 5.01. The molecule has 5 heteroatoms. The molecule has 1 N–H and O–H groups in total. The summed E-state index contributed by atoms with van der Waals surface area (Å²) in [6.45, 7) is 9.38. The van der Waals surface area contributed by atoms with Crippen LogP contribution in [0.5, 0.6) is 0 Å². The molecule has 0 radical (unpaired) electrons. The lowest BCUT2D eigenvalue weighted by atomic mass is 9.80. The van der Waals surface area contributed by atoms with Crippen LogP contribution < -0.4 is 5.32 Å². The Bertz CT molecular complexity index is 282. The molecular formula is C16H31F3N2.